The standard InChI is InChI=1S/C17H24NO11P/c19-13(18-10(17(23)24)6-9-4-2-1-3-5-9)7-11-14(20)16(22)15(21)12(29-11)8-28-30(25,26)27/h1-5,10-12,14-16,20-22H,6-8H2,(H,18,19)(H,23,24)(H2,25,26,27). The topological polar surface area (TPSA) is 203 Å². The van der Waals surface area contributed by atoms with Crippen LogP contribution in [-0.2, 0) is 29.8 Å². The first kappa shape index (κ1) is 24.4. The highest BCUT2D eigenvalue weighted by Crippen LogP contribution is 2.37. The van der Waals surface area contributed by atoms with Crippen LogP contribution < -0.4 is 5.32 Å². The lowest BCUT2D eigenvalue weighted by molar-refractivity contribution is -0.228. The molecule has 0 aromatic heterocycles. The summed E-state index contributed by atoms with van der Waals surface area (Å²) in [5.74, 6) is -2.08. The number of carboxylic acids is 1. The highest BCUT2D eigenvalue weighted by atomic mass is 31.2. The van der Waals surface area contributed by atoms with Gasteiger partial charge in [-0.15, -0.1) is 0 Å². The van der Waals surface area contributed by atoms with E-state index in [9.17, 15) is 34.6 Å². The van der Waals surface area contributed by atoms with Crippen LogP contribution in [0.25, 0.3) is 0 Å². The van der Waals surface area contributed by atoms with E-state index in [2.05, 4.69) is 9.84 Å². The molecule has 30 heavy (non-hydrogen) atoms. The van der Waals surface area contributed by atoms with Crippen LogP contribution in [-0.4, -0.2) is 85.3 Å². The maximum Gasteiger partial charge on any atom is 0.469 e. The van der Waals surface area contributed by atoms with Crippen molar-refractivity contribution in [1.82, 2.24) is 5.32 Å². The minimum absolute atomic E-state index is 0.01000. The average molecular weight is 449 g/mol. The molecule has 6 unspecified atom stereocenters. The SMILES string of the molecule is O=C(CC1OC(COP(=O)(O)O)C(O)C(O)C1O)NC(Cc1ccccc1)C(=O)O. The second-order valence-corrected chi connectivity index (χ2v) is 8.06. The van der Waals surface area contributed by atoms with E-state index in [1.165, 1.54) is 0 Å². The second kappa shape index (κ2) is 10.4. The molecule has 168 valence electrons. The monoisotopic (exact) mass is 449 g/mol. The molecule has 0 bridgehead atoms. The minimum Gasteiger partial charge on any atom is -0.480 e. The van der Waals surface area contributed by atoms with Crippen molar-refractivity contribution in [3.05, 3.63) is 35.9 Å². The lowest BCUT2D eigenvalue weighted by Gasteiger charge is -2.40. The number of rotatable bonds is 9. The molecule has 12 nitrogen and oxygen atoms in total. The normalized spacial score (nSPS) is 28.0. The van der Waals surface area contributed by atoms with Crippen molar-refractivity contribution in [2.24, 2.45) is 0 Å². The molecule has 1 amide bonds. The third kappa shape index (κ3) is 7.11. The van der Waals surface area contributed by atoms with Gasteiger partial charge in [0.05, 0.1) is 19.1 Å². The van der Waals surface area contributed by atoms with Gasteiger partial charge in [-0.05, 0) is 5.56 Å². The van der Waals surface area contributed by atoms with E-state index in [0.717, 1.165) is 0 Å². The molecule has 1 fully saturated rings. The molecular weight excluding hydrogens is 425 g/mol. The summed E-state index contributed by atoms with van der Waals surface area (Å²) in [5, 5.41) is 41.5. The molecule has 7 N–H and O–H groups in total. The van der Waals surface area contributed by atoms with Crippen LogP contribution in [0.1, 0.15) is 12.0 Å². The molecule has 1 aromatic carbocycles. The molecule has 1 aliphatic rings. The Morgan fingerprint density at radius 1 is 1.07 bits per heavy atom. The van der Waals surface area contributed by atoms with Crippen molar-refractivity contribution in [1.29, 1.82) is 0 Å². The largest absolute Gasteiger partial charge is 0.480 e. The van der Waals surface area contributed by atoms with Gasteiger partial charge in [-0.2, -0.15) is 0 Å². The molecule has 13 heteroatoms. The van der Waals surface area contributed by atoms with E-state index in [1.807, 2.05) is 0 Å². The minimum atomic E-state index is -4.88. The van der Waals surface area contributed by atoms with Crippen LogP contribution in [0.3, 0.4) is 0 Å². The number of aliphatic carboxylic acids is 1. The summed E-state index contributed by atoms with van der Waals surface area (Å²) < 4.78 is 20.3. The third-order valence-corrected chi connectivity index (χ3v) is 5.01. The lowest BCUT2D eigenvalue weighted by Crippen LogP contribution is -2.59. The first-order valence-electron chi connectivity index (χ1n) is 8.93. The Bertz CT molecular complexity index is 770. The molecule has 0 aliphatic carbocycles. The van der Waals surface area contributed by atoms with Gasteiger partial charge in [-0.25, -0.2) is 9.36 Å². The number of ether oxygens (including phenoxy) is 1. The summed E-state index contributed by atoms with van der Waals surface area (Å²) in [6.07, 6.45) is -8.58. The zero-order valence-corrected chi connectivity index (χ0v) is 16.5. The van der Waals surface area contributed by atoms with Crippen LogP contribution in [0, 0.1) is 0 Å². The van der Waals surface area contributed by atoms with E-state index >= 15 is 0 Å². The molecule has 2 rings (SSSR count). The Labute approximate surface area is 171 Å². The fraction of sp³-hybridized carbons (Fsp3) is 0.529. The molecule has 1 aromatic rings. The van der Waals surface area contributed by atoms with Crippen molar-refractivity contribution in [2.75, 3.05) is 6.61 Å². The second-order valence-electron chi connectivity index (χ2n) is 6.82. The third-order valence-electron chi connectivity index (χ3n) is 4.52. The summed E-state index contributed by atoms with van der Waals surface area (Å²) in [6, 6.07) is 7.32. The molecule has 1 aliphatic heterocycles. The number of carbonyl (C=O) groups excluding carboxylic acids is 1. The maximum atomic E-state index is 12.3. The quantitative estimate of drug-likeness (QED) is 0.208. The van der Waals surface area contributed by atoms with Crippen LogP contribution in [0.15, 0.2) is 30.3 Å². The molecule has 0 spiro atoms. The first-order chi connectivity index (χ1) is 14.0. The number of phosphoric ester groups is 1. The Kier molecular flexibility index (Phi) is 8.47. The summed E-state index contributed by atoms with van der Waals surface area (Å²) in [6.45, 7) is -0.806. The number of hydrogen-bond acceptors (Lipinski definition) is 8. The van der Waals surface area contributed by atoms with Crippen molar-refractivity contribution >= 4 is 19.7 Å². The van der Waals surface area contributed by atoms with Gasteiger partial charge >= 0.3 is 13.8 Å². The highest BCUT2D eigenvalue weighted by Gasteiger charge is 2.45. The summed E-state index contributed by atoms with van der Waals surface area (Å²) in [7, 11) is -4.88. The van der Waals surface area contributed by atoms with Crippen LogP contribution >= 0.6 is 7.82 Å². The maximum absolute atomic E-state index is 12.3. The van der Waals surface area contributed by atoms with Gasteiger partial charge in [0.25, 0.3) is 0 Å². The predicted octanol–water partition coefficient (Wildman–Crippen LogP) is -1.85. The Morgan fingerprint density at radius 2 is 1.67 bits per heavy atom. The fourth-order valence-electron chi connectivity index (χ4n) is 2.99. The van der Waals surface area contributed by atoms with Gasteiger partial charge in [-0.1, -0.05) is 30.3 Å². The number of benzene rings is 1. The molecule has 0 radical (unpaired) electrons. The summed E-state index contributed by atoms with van der Waals surface area (Å²) in [5.41, 5.74) is 0.673. The van der Waals surface area contributed by atoms with Crippen molar-refractivity contribution < 1.29 is 53.6 Å². The Hall–Kier alpha value is -1.89. The highest BCUT2D eigenvalue weighted by molar-refractivity contribution is 7.46. The Balaban J connectivity index is 2.00. The van der Waals surface area contributed by atoms with E-state index in [0.29, 0.717) is 5.56 Å². The van der Waals surface area contributed by atoms with Crippen LogP contribution in [0.5, 0.6) is 0 Å². The molecule has 6 atom stereocenters. The molecule has 1 saturated heterocycles. The smallest absolute Gasteiger partial charge is 0.469 e. The van der Waals surface area contributed by atoms with Gasteiger partial charge in [0, 0.05) is 6.42 Å². The fourth-order valence-corrected chi connectivity index (χ4v) is 3.33. The number of amides is 1. The molecule has 0 saturated carbocycles. The number of aliphatic hydroxyl groups excluding tert-OH is 3. The molecule has 1 heterocycles. The van der Waals surface area contributed by atoms with Gasteiger partial charge in [0.1, 0.15) is 30.5 Å². The van der Waals surface area contributed by atoms with Crippen molar-refractivity contribution in [3.63, 3.8) is 0 Å². The van der Waals surface area contributed by atoms with E-state index in [4.69, 9.17) is 14.5 Å². The summed E-state index contributed by atoms with van der Waals surface area (Å²) in [4.78, 5) is 41.3. The van der Waals surface area contributed by atoms with Gasteiger partial charge in [0.15, 0.2) is 0 Å². The van der Waals surface area contributed by atoms with Gasteiger partial charge < -0.3 is 40.3 Å². The first-order valence-corrected chi connectivity index (χ1v) is 10.5. The van der Waals surface area contributed by atoms with Crippen molar-refractivity contribution in [3.8, 4) is 0 Å². The van der Waals surface area contributed by atoms with E-state index in [1.54, 1.807) is 30.3 Å². The average Bonchev–Trinajstić information content (AvgIpc) is 2.67. The number of carbonyl (C=O) groups is 2. The lowest BCUT2D eigenvalue weighted by atomic mass is 9.93. The number of aliphatic hydroxyl groups is 3. The number of nitrogens with one attached hydrogen (secondary N) is 1. The summed E-state index contributed by atoms with van der Waals surface area (Å²) >= 11 is 0. The zero-order chi connectivity index (χ0) is 22.5. The van der Waals surface area contributed by atoms with Gasteiger partial charge in [-0.3, -0.25) is 9.32 Å². The number of hydrogen-bond donors (Lipinski definition) is 7. The Morgan fingerprint density at radius 3 is 2.23 bits per heavy atom. The predicted molar refractivity (Wildman–Crippen MR) is 99.0 cm³/mol. The number of phosphoric acid groups is 1. The van der Waals surface area contributed by atoms with E-state index in [-0.39, 0.29) is 6.42 Å². The van der Waals surface area contributed by atoms with E-state index < -0.39 is 69.3 Å². The van der Waals surface area contributed by atoms with Crippen LogP contribution in [0.4, 0.5) is 0 Å². The number of carboxylic acid groups (broad SMARTS) is 1. The van der Waals surface area contributed by atoms with Crippen molar-refractivity contribution in [2.45, 2.75) is 49.4 Å². The molecular formula is C17H24NO11P. The van der Waals surface area contributed by atoms with Gasteiger partial charge in [0.2, 0.25) is 5.91 Å². The zero-order valence-electron chi connectivity index (χ0n) is 15.6. The van der Waals surface area contributed by atoms with Crippen LogP contribution in [0.2, 0.25) is 0 Å².